The van der Waals surface area contributed by atoms with Gasteiger partial charge in [-0.25, -0.2) is 14.3 Å². The summed E-state index contributed by atoms with van der Waals surface area (Å²) in [7, 11) is -4.13. The predicted octanol–water partition coefficient (Wildman–Crippen LogP) is 2.85. The number of rotatable bonds is 5. The maximum Gasteiger partial charge on any atom is 0.410 e. The molecule has 0 spiro atoms. The van der Waals surface area contributed by atoms with Gasteiger partial charge in [-0.1, -0.05) is 49.3 Å². The summed E-state index contributed by atoms with van der Waals surface area (Å²) in [5.41, 5.74) is -0.360. The van der Waals surface area contributed by atoms with Gasteiger partial charge in [0.1, 0.15) is 29.3 Å². The minimum Gasteiger partial charge on any atom is -0.444 e. The molecule has 284 valence electrons. The van der Waals surface area contributed by atoms with Crippen molar-refractivity contribution in [3.63, 3.8) is 0 Å². The first-order valence-corrected chi connectivity index (χ1v) is 19.7. The second-order valence-electron chi connectivity index (χ2n) is 15.5. The van der Waals surface area contributed by atoms with Crippen LogP contribution in [0.4, 0.5) is 9.59 Å². The predicted molar refractivity (Wildman–Crippen MR) is 188 cm³/mol. The Morgan fingerprint density at radius 2 is 1.67 bits per heavy atom. The summed E-state index contributed by atoms with van der Waals surface area (Å²) in [6, 6.07) is 5.47. The van der Waals surface area contributed by atoms with Crippen LogP contribution in [-0.2, 0) is 47.2 Å². The Morgan fingerprint density at radius 3 is 2.35 bits per heavy atom. The van der Waals surface area contributed by atoms with Crippen LogP contribution in [0, 0.1) is 5.92 Å². The molecule has 5 atom stereocenters. The second kappa shape index (κ2) is 15.0. The smallest absolute Gasteiger partial charge is 0.410 e. The number of benzene rings is 1. The van der Waals surface area contributed by atoms with Crippen molar-refractivity contribution >= 4 is 40.1 Å². The van der Waals surface area contributed by atoms with E-state index in [1.54, 1.807) is 25.7 Å². The molecule has 4 heterocycles. The Kier molecular flexibility index (Phi) is 10.9. The van der Waals surface area contributed by atoms with E-state index in [1.807, 2.05) is 36.4 Å². The lowest BCUT2D eigenvalue weighted by molar-refractivity contribution is -0.141. The molecule has 15 nitrogen and oxygen atoms in total. The third kappa shape index (κ3) is 8.54. The molecule has 5 amide bonds. The summed E-state index contributed by atoms with van der Waals surface area (Å²) in [6.45, 7) is 6.34. The van der Waals surface area contributed by atoms with Gasteiger partial charge in [-0.3, -0.25) is 19.3 Å². The van der Waals surface area contributed by atoms with Gasteiger partial charge in [0, 0.05) is 38.5 Å². The monoisotopic (exact) mass is 742 g/mol. The number of carbonyl (C=O) groups excluding carboxylic acids is 5. The van der Waals surface area contributed by atoms with Crippen LogP contribution in [0.5, 0.6) is 0 Å². The molecule has 1 aromatic rings. The summed E-state index contributed by atoms with van der Waals surface area (Å²) >= 11 is 0. The zero-order chi connectivity index (χ0) is 37.3. The molecule has 0 bridgehead atoms. The second-order valence-corrected chi connectivity index (χ2v) is 17.1. The van der Waals surface area contributed by atoms with Gasteiger partial charge in [-0.2, -0.15) is 12.7 Å². The molecule has 1 saturated carbocycles. The summed E-state index contributed by atoms with van der Waals surface area (Å²) in [5.74, 6) is -2.54. The van der Waals surface area contributed by atoms with E-state index in [1.165, 1.54) is 9.21 Å². The van der Waals surface area contributed by atoms with E-state index >= 15 is 0 Å². The van der Waals surface area contributed by atoms with E-state index < -0.39 is 75.4 Å². The van der Waals surface area contributed by atoms with Gasteiger partial charge in [-0.15, -0.1) is 0 Å². The normalized spacial score (nSPS) is 28.4. The zero-order valence-electron chi connectivity index (χ0n) is 30.1. The number of fused-ring (bicyclic) bond motifs is 3. The lowest BCUT2D eigenvalue weighted by atomic mass is 10.0. The molecule has 6 rings (SSSR count). The molecule has 0 radical (unpaired) electrons. The van der Waals surface area contributed by atoms with E-state index in [9.17, 15) is 32.4 Å². The number of carbonyl (C=O) groups is 5. The van der Waals surface area contributed by atoms with E-state index in [4.69, 9.17) is 9.47 Å². The number of allylic oxidation sites excluding steroid dienone is 1. The van der Waals surface area contributed by atoms with Crippen LogP contribution in [-0.4, -0.2) is 101 Å². The fourth-order valence-corrected chi connectivity index (χ4v) is 8.78. The molecule has 3 fully saturated rings. The summed E-state index contributed by atoms with van der Waals surface area (Å²) < 4.78 is 41.0. The molecule has 5 aliphatic rings. The van der Waals surface area contributed by atoms with Crippen molar-refractivity contribution < 1.29 is 41.9 Å². The lowest BCUT2D eigenvalue weighted by Gasteiger charge is -2.30. The van der Waals surface area contributed by atoms with E-state index in [2.05, 4.69) is 15.4 Å². The van der Waals surface area contributed by atoms with E-state index in [0.29, 0.717) is 51.9 Å². The topological polar surface area (TPSA) is 184 Å². The molecule has 3 N–H and O–H groups in total. The summed E-state index contributed by atoms with van der Waals surface area (Å²) in [5, 5.41) is 5.53. The zero-order valence-corrected chi connectivity index (χ0v) is 30.9. The molecule has 1 aromatic carbocycles. The van der Waals surface area contributed by atoms with Crippen molar-refractivity contribution in [2.24, 2.45) is 5.92 Å². The molecule has 0 aromatic heterocycles. The minimum atomic E-state index is -4.13. The van der Waals surface area contributed by atoms with Crippen molar-refractivity contribution in [1.82, 2.24) is 29.5 Å². The average molecular weight is 743 g/mol. The quantitative estimate of drug-likeness (QED) is 0.382. The van der Waals surface area contributed by atoms with Crippen LogP contribution in [0.3, 0.4) is 0 Å². The highest BCUT2D eigenvalue weighted by Crippen LogP contribution is 2.46. The van der Waals surface area contributed by atoms with Gasteiger partial charge in [-0.05, 0) is 70.4 Å². The van der Waals surface area contributed by atoms with E-state index in [0.717, 1.165) is 24.0 Å². The van der Waals surface area contributed by atoms with Crippen LogP contribution in [0.1, 0.15) is 89.7 Å². The van der Waals surface area contributed by atoms with Gasteiger partial charge >= 0.3 is 22.4 Å². The molecule has 2 saturated heterocycles. The van der Waals surface area contributed by atoms with Crippen LogP contribution in [0.2, 0.25) is 0 Å². The van der Waals surface area contributed by atoms with Gasteiger partial charge in [0.2, 0.25) is 11.8 Å². The Bertz CT molecular complexity index is 1680. The van der Waals surface area contributed by atoms with Gasteiger partial charge in [0.05, 0.1) is 6.54 Å². The van der Waals surface area contributed by atoms with Crippen molar-refractivity contribution in [3.8, 4) is 0 Å². The van der Waals surface area contributed by atoms with Crippen LogP contribution in [0.15, 0.2) is 36.4 Å². The largest absolute Gasteiger partial charge is 0.444 e. The molecule has 16 heteroatoms. The Labute approximate surface area is 305 Å². The Hall–Kier alpha value is -4.18. The first-order valence-electron chi connectivity index (χ1n) is 18.3. The fraction of sp³-hybridized carbons (Fsp3) is 0.639. The minimum absolute atomic E-state index is 0.0620. The van der Waals surface area contributed by atoms with Gasteiger partial charge in [0.25, 0.3) is 5.91 Å². The average Bonchev–Trinajstić information content (AvgIpc) is 3.53. The van der Waals surface area contributed by atoms with Crippen molar-refractivity contribution in [1.29, 1.82) is 0 Å². The number of hydrogen-bond donors (Lipinski definition) is 3. The Morgan fingerprint density at radius 1 is 0.981 bits per heavy atom. The Balaban J connectivity index is 1.25. The number of hydrogen-bond acceptors (Lipinski definition) is 9. The standard InChI is InChI=1S/C36H50N6O9S/c1-35(2,3)51-33(46)37-28-16-8-6-4-5-7-15-26-20-36(26,32(45)39-52(48,49)41-17-11-12-18-41)38-30(43)29-19-27(23-42(29)31(28)44)50-34(47)40-21-24-13-9-10-14-25(24)22-40/h7,9-10,13-15,26-29H,4-6,8,11-12,16-23H2,1-3H3,(H,37,46)(H,38,43)(H,39,45). The highest BCUT2D eigenvalue weighted by Gasteiger charge is 2.62. The number of nitrogens with one attached hydrogen (secondary N) is 3. The third-order valence-electron chi connectivity index (χ3n) is 10.3. The first kappa shape index (κ1) is 37.6. The molecule has 1 aliphatic carbocycles. The molecule has 52 heavy (non-hydrogen) atoms. The fourth-order valence-electron chi connectivity index (χ4n) is 7.50. The number of ether oxygens (including phenoxy) is 2. The van der Waals surface area contributed by atoms with Crippen molar-refractivity contribution in [3.05, 3.63) is 47.5 Å². The highest BCUT2D eigenvalue weighted by molar-refractivity contribution is 7.87. The lowest BCUT2D eigenvalue weighted by Crippen LogP contribution is -2.59. The van der Waals surface area contributed by atoms with Gasteiger partial charge < -0.3 is 25.0 Å². The van der Waals surface area contributed by atoms with Crippen molar-refractivity contribution in [2.75, 3.05) is 19.6 Å². The third-order valence-corrected chi connectivity index (χ3v) is 11.8. The molecule has 4 aliphatic heterocycles. The molecular weight excluding hydrogens is 692 g/mol. The number of nitrogens with zero attached hydrogens (tertiary/aromatic N) is 3. The first-order chi connectivity index (χ1) is 24.6. The van der Waals surface area contributed by atoms with Crippen LogP contribution < -0.4 is 15.4 Å². The number of alkyl carbamates (subject to hydrolysis) is 1. The highest BCUT2D eigenvalue weighted by atomic mass is 32.2. The summed E-state index contributed by atoms with van der Waals surface area (Å²) in [6.07, 6.45) is 6.10. The van der Waals surface area contributed by atoms with Crippen LogP contribution in [0.25, 0.3) is 0 Å². The number of amides is 5. The van der Waals surface area contributed by atoms with Gasteiger partial charge in [0.15, 0.2) is 0 Å². The maximum absolute atomic E-state index is 14.3. The molecule has 5 unspecified atom stereocenters. The van der Waals surface area contributed by atoms with Crippen LogP contribution >= 0.6 is 0 Å². The maximum atomic E-state index is 14.3. The SMILES string of the molecule is CC(C)(C)OC(=O)NC1CCCCCC=CC2CC2(C(=O)NS(=O)(=O)N2CCCC2)NC(=O)C2CC(OC(=O)N3Cc4ccccc4C3)CN2C1=O. The van der Waals surface area contributed by atoms with E-state index in [-0.39, 0.29) is 25.8 Å². The van der Waals surface area contributed by atoms with Crippen molar-refractivity contribution in [2.45, 2.75) is 121 Å². The molecular formula is C36H50N6O9S. The summed E-state index contributed by atoms with van der Waals surface area (Å²) in [4.78, 5) is 71.5.